The lowest BCUT2D eigenvalue weighted by Gasteiger charge is -1.95. The van der Waals surface area contributed by atoms with Crippen molar-refractivity contribution in [3.05, 3.63) is 0 Å². The Kier molecular flexibility index (Phi) is 20.2. The molecule has 0 atom stereocenters. The summed E-state index contributed by atoms with van der Waals surface area (Å²) < 4.78 is 0. The van der Waals surface area contributed by atoms with E-state index >= 15 is 0 Å². The standard InChI is InChI=1S/C6H15N.C3H8O/c1-3-5-6-7-4-2;1-2-3-4/h7H,3-6H2,1-2H3;4H,2-3H2,1H3. The fourth-order valence-corrected chi connectivity index (χ4v) is 0.479. The highest BCUT2D eigenvalue weighted by molar-refractivity contribution is 4.39. The van der Waals surface area contributed by atoms with E-state index in [0.29, 0.717) is 6.61 Å². The molecule has 2 N–H and O–H groups in total. The summed E-state index contributed by atoms with van der Waals surface area (Å²) in [5, 5.41) is 11.1. The van der Waals surface area contributed by atoms with Crippen LogP contribution in [0.2, 0.25) is 0 Å². The maximum Gasteiger partial charge on any atom is 0.0428 e. The molecule has 0 unspecified atom stereocenters. The van der Waals surface area contributed by atoms with Crippen molar-refractivity contribution in [1.82, 2.24) is 5.32 Å². The van der Waals surface area contributed by atoms with Crippen LogP contribution in [0.3, 0.4) is 0 Å². The van der Waals surface area contributed by atoms with Crippen molar-refractivity contribution < 1.29 is 5.11 Å². The molecule has 0 aliphatic rings. The summed E-state index contributed by atoms with van der Waals surface area (Å²) in [6.45, 7) is 8.89. The van der Waals surface area contributed by atoms with Crippen LogP contribution < -0.4 is 5.32 Å². The van der Waals surface area contributed by atoms with Crippen LogP contribution in [-0.2, 0) is 0 Å². The van der Waals surface area contributed by atoms with Gasteiger partial charge in [-0.2, -0.15) is 0 Å². The molecule has 0 bridgehead atoms. The number of unbranched alkanes of at least 4 members (excludes halogenated alkanes) is 1. The Morgan fingerprint density at radius 2 is 1.64 bits per heavy atom. The third-order valence-electron chi connectivity index (χ3n) is 1.18. The first-order valence-corrected chi connectivity index (χ1v) is 4.64. The van der Waals surface area contributed by atoms with Crippen molar-refractivity contribution in [3.8, 4) is 0 Å². The summed E-state index contributed by atoms with van der Waals surface area (Å²) in [4.78, 5) is 0. The average molecular weight is 161 g/mol. The maximum absolute atomic E-state index is 7.88. The number of hydrogen-bond donors (Lipinski definition) is 2. The summed E-state index contributed by atoms with van der Waals surface area (Å²) >= 11 is 0. The van der Waals surface area contributed by atoms with Gasteiger partial charge in [-0.05, 0) is 25.9 Å². The van der Waals surface area contributed by atoms with Crippen LogP contribution in [0, 0.1) is 0 Å². The highest BCUT2D eigenvalue weighted by Crippen LogP contribution is 1.80. The lowest BCUT2D eigenvalue weighted by atomic mass is 10.3. The van der Waals surface area contributed by atoms with Gasteiger partial charge in [-0.25, -0.2) is 0 Å². The molecule has 70 valence electrons. The Bertz CT molecular complexity index is 42.8. The smallest absolute Gasteiger partial charge is 0.0428 e. The zero-order valence-corrected chi connectivity index (χ0v) is 8.19. The Morgan fingerprint density at radius 3 is 1.91 bits per heavy atom. The number of aliphatic hydroxyl groups excluding tert-OH is 1. The van der Waals surface area contributed by atoms with Crippen LogP contribution in [-0.4, -0.2) is 24.8 Å². The molecule has 0 aromatic heterocycles. The lowest BCUT2D eigenvalue weighted by Crippen LogP contribution is -2.13. The summed E-state index contributed by atoms with van der Waals surface area (Å²) in [6.07, 6.45) is 3.49. The molecule has 0 saturated carbocycles. The van der Waals surface area contributed by atoms with Gasteiger partial charge in [0.05, 0.1) is 0 Å². The van der Waals surface area contributed by atoms with E-state index in [1.54, 1.807) is 0 Å². The molecular weight excluding hydrogens is 138 g/mol. The van der Waals surface area contributed by atoms with Crippen molar-refractivity contribution in [3.63, 3.8) is 0 Å². The van der Waals surface area contributed by atoms with Gasteiger partial charge in [-0.15, -0.1) is 0 Å². The fourth-order valence-electron chi connectivity index (χ4n) is 0.479. The normalized spacial score (nSPS) is 8.73. The minimum atomic E-state index is 0.319. The third-order valence-corrected chi connectivity index (χ3v) is 1.18. The minimum Gasteiger partial charge on any atom is -0.396 e. The second-order valence-electron chi connectivity index (χ2n) is 2.43. The SMILES string of the molecule is CCCCNCC.CCCO. The molecule has 2 nitrogen and oxygen atoms in total. The first kappa shape index (κ1) is 13.5. The molecule has 0 fully saturated rings. The second kappa shape index (κ2) is 16.5. The van der Waals surface area contributed by atoms with Gasteiger partial charge in [0.2, 0.25) is 0 Å². The lowest BCUT2D eigenvalue weighted by molar-refractivity contribution is 0.295. The van der Waals surface area contributed by atoms with Crippen LogP contribution in [0.25, 0.3) is 0 Å². The van der Waals surface area contributed by atoms with Crippen molar-refractivity contribution >= 4 is 0 Å². The largest absolute Gasteiger partial charge is 0.396 e. The van der Waals surface area contributed by atoms with E-state index in [1.807, 2.05) is 6.92 Å². The molecule has 0 rings (SSSR count). The van der Waals surface area contributed by atoms with E-state index in [4.69, 9.17) is 5.11 Å². The zero-order chi connectivity index (χ0) is 8.95. The van der Waals surface area contributed by atoms with Crippen molar-refractivity contribution in [2.45, 2.75) is 40.0 Å². The van der Waals surface area contributed by atoms with E-state index in [9.17, 15) is 0 Å². The number of hydrogen-bond acceptors (Lipinski definition) is 2. The van der Waals surface area contributed by atoms with Crippen LogP contribution in [0.1, 0.15) is 40.0 Å². The van der Waals surface area contributed by atoms with Crippen molar-refractivity contribution in [2.24, 2.45) is 0 Å². The third kappa shape index (κ3) is 25.7. The van der Waals surface area contributed by atoms with Crippen LogP contribution in [0.4, 0.5) is 0 Å². The molecule has 0 aromatic rings. The summed E-state index contributed by atoms with van der Waals surface area (Å²) in [5.74, 6) is 0. The van der Waals surface area contributed by atoms with Gasteiger partial charge >= 0.3 is 0 Å². The molecule has 0 saturated heterocycles. The van der Waals surface area contributed by atoms with E-state index < -0.39 is 0 Å². The highest BCUT2D eigenvalue weighted by Gasteiger charge is 1.77. The predicted molar refractivity (Wildman–Crippen MR) is 50.8 cm³/mol. The van der Waals surface area contributed by atoms with E-state index in [2.05, 4.69) is 19.2 Å². The van der Waals surface area contributed by atoms with Crippen LogP contribution in [0.5, 0.6) is 0 Å². The number of nitrogens with one attached hydrogen (secondary N) is 1. The molecule has 0 aliphatic carbocycles. The van der Waals surface area contributed by atoms with E-state index in [0.717, 1.165) is 13.0 Å². The Hall–Kier alpha value is -0.0800. The number of aliphatic hydroxyl groups is 1. The van der Waals surface area contributed by atoms with Gasteiger partial charge in [0.25, 0.3) is 0 Å². The van der Waals surface area contributed by atoms with E-state index in [-0.39, 0.29) is 0 Å². The molecule has 2 heteroatoms. The summed E-state index contributed by atoms with van der Waals surface area (Å²) in [5.41, 5.74) is 0. The molecule has 0 amide bonds. The number of rotatable bonds is 5. The molecule has 0 heterocycles. The highest BCUT2D eigenvalue weighted by atomic mass is 16.2. The molecule has 0 radical (unpaired) electrons. The maximum atomic E-state index is 7.88. The van der Waals surface area contributed by atoms with E-state index in [1.165, 1.54) is 19.4 Å². The van der Waals surface area contributed by atoms with Gasteiger partial charge in [0.1, 0.15) is 0 Å². The molecule has 0 aliphatic heterocycles. The fraction of sp³-hybridized carbons (Fsp3) is 1.00. The van der Waals surface area contributed by atoms with Crippen LogP contribution in [0.15, 0.2) is 0 Å². The van der Waals surface area contributed by atoms with Crippen molar-refractivity contribution in [1.29, 1.82) is 0 Å². The van der Waals surface area contributed by atoms with Gasteiger partial charge in [-0.3, -0.25) is 0 Å². The quantitative estimate of drug-likeness (QED) is 0.602. The van der Waals surface area contributed by atoms with Gasteiger partial charge < -0.3 is 10.4 Å². The topological polar surface area (TPSA) is 32.3 Å². The average Bonchev–Trinajstić information content (AvgIpc) is 2.06. The minimum absolute atomic E-state index is 0.319. The molecule has 0 spiro atoms. The van der Waals surface area contributed by atoms with Gasteiger partial charge in [-0.1, -0.05) is 27.2 Å². The van der Waals surface area contributed by atoms with Gasteiger partial charge in [0, 0.05) is 6.61 Å². The first-order valence-electron chi connectivity index (χ1n) is 4.64. The Balaban J connectivity index is 0. The summed E-state index contributed by atoms with van der Waals surface area (Å²) in [6, 6.07) is 0. The second-order valence-corrected chi connectivity index (χ2v) is 2.43. The Labute approximate surface area is 71.0 Å². The Morgan fingerprint density at radius 1 is 1.09 bits per heavy atom. The molecular formula is C9H23NO. The first-order chi connectivity index (χ1) is 5.33. The van der Waals surface area contributed by atoms with Gasteiger partial charge in [0.15, 0.2) is 0 Å². The summed E-state index contributed by atoms with van der Waals surface area (Å²) in [7, 11) is 0. The molecule has 11 heavy (non-hydrogen) atoms. The monoisotopic (exact) mass is 161 g/mol. The zero-order valence-electron chi connectivity index (χ0n) is 8.19. The van der Waals surface area contributed by atoms with Crippen LogP contribution >= 0.6 is 0 Å². The van der Waals surface area contributed by atoms with Crippen molar-refractivity contribution in [2.75, 3.05) is 19.7 Å². The molecule has 0 aromatic carbocycles. The predicted octanol–water partition coefficient (Wildman–Crippen LogP) is 1.78.